The van der Waals surface area contributed by atoms with Crippen LogP contribution in [-0.2, 0) is 16.0 Å². The van der Waals surface area contributed by atoms with Gasteiger partial charge in [0.15, 0.2) is 11.5 Å². The molecule has 132 valence electrons. The predicted molar refractivity (Wildman–Crippen MR) is 91.2 cm³/mol. The first-order valence-electron chi connectivity index (χ1n) is 8.31. The standard InChI is InChI=1S/C18H26N2O4/c1-12(10-13-4-5-15(23-2)16(11-13)24-3)17(21)20-18(22)14-6-8-19-9-7-14/h4-5,11-12,14,19H,6-10H2,1-3H3,(H,20,21,22). The topological polar surface area (TPSA) is 76.7 Å². The third-order valence-corrected chi connectivity index (χ3v) is 4.39. The molecule has 1 aliphatic rings. The molecule has 0 spiro atoms. The van der Waals surface area contributed by atoms with Crippen LogP contribution in [0.1, 0.15) is 25.3 Å². The van der Waals surface area contributed by atoms with Crippen molar-refractivity contribution in [2.45, 2.75) is 26.2 Å². The summed E-state index contributed by atoms with van der Waals surface area (Å²) in [4.78, 5) is 24.4. The lowest BCUT2D eigenvalue weighted by molar-refractivity contribution is -0.135. The Balaban J connectivity index is 1.92. The van der Waals surface area contributed by atoms with Gasteiger partial charge in [0.1, 0.15) is 0 Å². The third kappa shape index (κ3) is 4.71. The van der Waals surface area contributed by atoms with E-state index in [4.69, 9.17) is 9.47 Å². The fraction of sp³-hybridized carbons (Fsp3) is 0.556. The molecule has 0 bridgehead atoms. The molecule has 2 N–H and O–H groups in total. The Morgan fingerprint density at radius 3 is 2.50 bits per heavy atom. The number of hydrogen-bond donors (Lipinski definition) is 2. The minimum absolute atomic E-state index is 0.0662. The van der Waals surface area contributed by atoms with E-state index in [1.165, 1.54) is 0 Å². The fourth-order valence-electron chi connectivity index (χ4n) is 2.88. The Labute approximate surface area is 142 Å². The maximum absolute atomic E-state index is 12.3. The predicted octanol–water partition coefficient (Wildman–Crippen LogP) is 1.52. The Morgan fingerprint density at radius 2 is 1.88 bits per heavy atom. The molecule has 2 rings (SSSR count). The van der Waals surface area contributed by atoms with Gasteiger partial charge in [0.2, 0.25) is 11.8 Å². The van der Waals surface area contributed by atoms with Crippen molar-refractivity contribution in [3.63, 3.8) is 0 Å². The second kappa shape index (κ2) is 8.68. The number of imide groups is 1. The zero-order chi connectivity index (χ0) is 17.5. The summed E-state index contributed by atoms with van der Waals surface area (Å²) in [5.41, 5.74) is 0.963. The Morgan fingerprint density at radius 1 is 1.21 bits per heavy atom. The fourth-order valence-corrected chi connectivity index (χ4v) is 2.88. The van der Waals surface area contributed by atoms with Gasteiger partial charge in [-0.25, -0.2) is 0 Å². The lowest BCUT2D eigenvalue weighted by atomic mass is 9.96. The monoisotopic (exact) mass is 334 g/mol. The quantitative estimate of drug-likeness (QED) is 0.825. The number of methoxy groups -OCH3 is 2. The summed E-state index contributed by atoms with van der Waals surface area (Å²) in [5, 5.41) is 5.77. The average molecular weight is 334 g/mol. The van der Waals surface area contributed by atoms with Crippen molar-refractivity contribution in [2.75, 3.05) is 27.3 Å². The molecule has 0 radical (unpaired) electrons. The van der Waals surface area contributed by atoms with Crippen LogP contribution >= 0.6 is 0 Å². The van der Waals surface area contributed by atoms with Crippen molar-refractivity contribution in [3.8, 4) is 11.5 Å². The Kier molecular flexibility index (Phi) is 6.61. The van der Waals surface area contributed by atoms with Crippen LogP contribution in [0.3, 0.4) is 0 Å². The normalized spacial score (nSPS) is 16.3. The zero-order valence-electron chi connectivity index (χ0n) is 14.6. The van der Waals surface area contributed by atoms with Crippen LogP contribution < -0.4 is 20.1 Å². The number of ether oxygens (including phenoxy) is 2. The van der Waals surface area contributed by atoms with E-state index in [2.05, 4.69) is 10.6 Å². The summed E-state index contributed by atoms with van der Waals surface area (Å²) < 4.78 is 10.5. The van der Waals surface area contributed by atoms with Gasteiger partial charge < -0.3 is 14.8 Å². The van der Waals surface area contributed by atoms with Gasteiger partial charge >= 0.3 is 0 Å². The highest BCUT2D eigenvalue weighted by atomic mass is 16.5. The summed E-state index contributed by atoms with van der Waals surface area (Å²) in [5.74, 6) is 0.541. The number of carbonyl (C=O) groups excluding carboxylic acids is 2. The largest absolute Gasteiger partial charge is 0.493 e. The van der Waals surface area contributed by atoms with Gasteiger partial charge in [-0.3, -0.25) is 14.9 Å². The first-order chi connectivity index (χ1) is 11.5. The third-order valence-electron chi connectivity index (χ3n) is 4.39. The summed E-state index contributed by atoms with van der Waals surface area (Å²) >= 11 is 0. The SMILES string of the molecule is COc1ccc(CC(C)C(=O)NC(=O)C2CCNCC2)cc1OC. The molecule has 24 heavy (non-hydrogen) atoms. The minimum Gasteiger partial charge on any atom is -0.493 e. The van der Waals surface area contributed by atoms with Crippen LogP contribution in [0, 0.1) is 11.8 Å². The van der Waals surface area contributed by atoms with E-state index in [-0.39, 0.29) is 23.7 Å². The van der Waals surface area contributed by atoms with Crippen LogP contribution in [0.25, 0.3) is 0 Å². The highest BCUT2D eigenvalue weighted by molar-refractivity contribution is 5.97. The molecule has 6 heteroatoms. The molecule has 1 saturated heterocycles. The molecule has 1 aromatic rings. The van der Waals surface area contributed by atoms with Gasteiger partial charge in [-0.15, -0.1) is 0 Å². The number of hydrogen-bond acceptors (Lipinski definition) is 5. The Bertz CT molecular complexity index is 582. The molecule has 1 atom stereocenters. The summed E-state index contributed by atoms with van der Waals surface area (Å²) in [6.07, 6.45) is 2.10. The van der Waals surface area contributed by atoms with Gasteiger partial charge in [0, 0.05) is 11.8 Å². The molecule has 1 fully saturated rings. The molecule has 1 heterocycles. The number of benzene rings is 1. The van der Waals surface area contributed by atoms with Crippen molar-refractivity contribution in [3.05, 3.63) is 23.8 Å². The molecule has 0 aromatic heterocycles. The number of carbonyl (C=O) groups is 2. The van der Waals surface area contributed by atoms with E-state index < -0.39 is 0 Å². The van der Waals surface area contributed by atoms with E-state index in [0.717, 1.165) is 31.5 Å². The number of rotatable bonds is 6. The van der Waals surface area contributed by atoms with E-state index in [0.29, 0.717) is 17.9 Å². The highest BCUT2D eigenvalue weighted by Crippen LogP contribution is 2.28. The second-order valence-electron chi connectivity index (χ2n) is 6.17. The lowest BCUT2D eigenvalue weighted by Gasteiger charge is -2.22. The van der Waals surface area contributed by atoms with Crippen LogP contribution in [0.5, 0.6) is 11.5 Å². The maximum Gasteiger partial charge on any atom is 0.229 e. The van der Waals surface area contributed by atoms with E-state index in [1.54, 1.807) is 14.2 Å². The van der Waals surface area contributed by atoms with E-state index in [1.807, 2.05) is 25.1 Å². The van der Waals surface area contributed by atoms with Crippen molar-refractivity contribution in [1.29, 1.82) is 0 Å². The van der Waals surface area contributed by atoms with E-state index in [9.17, 15) is 9.59 Å². The molecule has 0 aliphatic carbocycles. The second-order valence-corrected chi connectivity index (χ2v) is 6.17. The minimum atomic E-state index is -0.297. The van der Waals surface area contributed by atoms with Gasteiger partial charge in [-0.05, 0) is 50.0 Å². The van der Waals surface area contributed by atoms with Gasteiger partial charge in [-0.1, -0.05) is 13.0 Å². The maximum atomic E-state index is 12.3. The van der Waals surface area contributed by atoms with Crippen molar-refractivity contribution in [2.24, 2.45) is 11.8 Å². The average Bonchev–Trinajstić information content (AvgIpc) is 2.62. The number of amides is 2. The first kappa shape index (κ1) is 18.3. The van der Waals surface area contributed by atoms with Crippen LogP contribution in [0.15, 0.2) is 18.2 Å². The van der Waals surface area contributed by atoms with Crippen LogP contribution in [0.4, 0.5) is 0 Å². The summed E-state index contributed by atoms with van der Waals surface area (Å²) in [7, 11) is 3.16. The molecule has 2 amide bonds. The number of piperidine rings is 1. The van der Waals surface area contributed by atoms with Gasteiger partial charge in [0.05, 0.1) is 14.2 Å². The van der Waals surface area contributed by atoms with Gasteiger partial charge in [-0.2, -0.15) is 0 Å². The van der Waals surface area contributed by atoms with Gasteiger partial charge in [0.25, 0.3) is 0 Å². The summed E-state index contributed by atoms with van der Waals surface area (Å²) in [6.45, 7) is 3.47. The zero-order valence-corrected chi connectivity index (χ0v) is 14.6. The number of nitrogens with one attached hydrogen (secondary N) is 2. The molecule has 1 unspecified atom stereocenters. The Hall–Kier alpha value is -2.08. The smallest absolute Gasteiger partial charge is 0.229 e. The molecular formula is C18H26N2O4. The van der Waals surface area contributed by atoms with E-state index >= 15 is 0 Å². The molecule has 0 saturated carbocycles. The van der Waals surface area contributed by atoms with Crippen LogP contribution in [0.2, 0.25) is 0 Å². The van der Waals surface area contributed by atoms with Crippen molar-refractivity contribution in [1.82, 2.24) is 10.6 Å². The van der Waals surface area contributed by atoms with Crippen molar-refractivity contribution < 1.29 is 19.1 Å². The summed E-state index contributed by atoms with van der Waals surface area (Å²) in [6, 6.07) is 5.58. The molecule has 6 nitrogen and oxygen atoms in total. The molecular weight excluding hydrogens is 308 g/mol. The highest BCUT2D eigenvalue weighted by Gasteiger charge is 2.24. The van der Waals surface area contributed by atoms with Crippen molar-refractivity contribution >= 4 is 11.8 Å². The van der Waals surface area contributed by atoms with Crippen LogP contribution in [-0.4, -0.2) is 39.1 Å². The molecule has 1 aliphatic heterocycles. The molecule has 1 aromatic carbocycles. The first-order valence-corrected chi connectivity index (χ1v) is 8.31. The lowest BCUT2D eigenvalue weighted by Crippen LogP contribution is -2.42.